The second-order valence-electron chi connectivity index (χ2n) is 10.8. The first kappa shape index (κ1) is 23.0. The zero-order chi connectivity index (χ0) is 20.6. The molecule has 0 bridgehead atoms. The molecule has 0 aromatic heterocycles. The monoisotopic (exact) mass is 380 g/mol. The van der Waals surface area contributed by atoms with E-state index in [9.17, 15) is 0 Å². The van der Waals surface area contributed by atoms with Gasteiger partial charge in [0.25, 0.3) is 0 Å². The Morgan fingerprint density at radius 1 is 0.808 bits per heavy atom. The molecule has 0 radical (unpaired) electrons. The Morgan fingerprint density at radius 3 is 1.54 bits per heavy atom. The van der Waals surface area contributed by atoms with Gasteiger partial charge in [-0.05, 0) is 41.1 Å². The number of ether oxygens (including phenoxy) is 2. The van der Waals surface area contributed by atoms with E-state index in [-0.39, 0.29) is 22.7 Å². The fourth-order valence-corrected chi connectivity index (χ4v) is 3.51. The molecule has 150 valence electrons. The van der Waals surface area contributed by atoms with Gasteiger partial charge < -0.3 is 13.9 Å². The summed E-state index contributed by atoms with van der Waals surface area (Å²) < 4.78 is 17.9. The summed E-state index contributed by atoms with van der Waals surface area (Å²) in [5.41, 5.74) is 2.21. The smallest absolute Gasteiger partial charge is 0.250 e. The van der Waals surface area contributed by atoms with Crippen LogP contribution in [0.1, 0.15) is 73.4 Å². The molecular formula is C22H40O3Si. The molecule has 0 amide bonds. The summed E-state index contributed by atoms with van der Waals surface area (Å²) in [6.45, 7) is 24.9. The quantitative estimate of drug-likeness (QED) is 0.423. The summed E-state index contributed by atoms with van der Waals surface area (Å²) in [6, 6.07) is 4.33. The summed E-state index contributed by atoms with van der Waals surface area (Å²) in [6.07, 6.45) is 0. The Balaban J connectivity index is 3.61. The van der Waals surface area contributed by atoms with Crippen molar-refractivity contribution < 1.29 is 13.9 Å². The Bertz CT molecular complexity index is 579. The molecule has 0 unspecified atom stereocenters. The van der Waals surface area contributed by atoms with E-state index in [1.165, 1.54) is 0 Å². The zero-order valence-corrected chi connectivity index (χ0v) is 20.1. The average Bonchev–Trinajstić information content (AvgIpc) is 2.41. The molecule has 26 heavy (non-hydrogen) atoms. The van der Waals surface area contributed by atoms with Crippen LogP contribution in [0.5, 0.6) is 11.5 Å². The van der Waals surface area contributed by atoms with Gasteiger partial charge >= 0.3 is 0 Å². The number of methoxy groups -OCH3 is 1. The van der Waals surface area contributed by atoms with E-state index < -0.39 is 8.32 Å². The van der Waals surface area contributed by atoms with Crippen LogP contribution < -0.4 is 9.16 Å². The average molecular weight is 381 g/mol. The summed E-state index contributed by atoms with van der Waals surface area (Å²) >= 11 is 0. The van der Waals surface area contributed by atoms with Gasteiger partial charge in [-0.15, -0.1) is 0 Å². The number of hydrogen-bond donors (Lipinski definition) is 0. The third-order valence-corrected chi connectivity index (χ3v) is 9.54. The van der Waals surface area contributed by atoms with Crippen molar-refractivity contribution in [2.24, 2.45) is 0 Å². The van der Waals surface area contributed by atoms with Crippen LogP contribution in [0.4, 0.5) is 0 Å². The minimum atomic E-state index is -1.92. The highest BCUT2D eigenvalue weighted by Crippen LogP contribution is 2.44. The molecule has 0 fully saturated rings. The van der Waals surface area contributed by atoms with Crippen molar-refractivity contribution in [2.75, 3.05) is 13.9 Å². The molecule has 1 aromatic carbocycles. The summed E-state index contributed by atoms with van der Waals surface area (Å²) in [5.74, 6) is 1.88. The Labute approximate surface area is 162 Å². The van der Waals surface area contributed by atoms with Crippen molar-refractivity contribution in [1.82, 2.24) is 0 Å². The topological polar surface area (TPSA) is 27.7 Å². The van der Waals surface area contributed by atoms with E-state index in [0.717, 1.165) is 22.6 Å². The maximum Gasteiger partial charge on any atom is 0.250 e. The van der Waals surface area contributed by atoms with Crippen LogP contribution in [-0.2, 0) is 15.6 Å². The SMILES string of the molecule is COCOc1c(C(C)(C)C)cc(O[Si](C)(C)C(C)(C)C)cc1C(C)(C)C. The van der Waals surface area contributed by atoms with Crippen LogP contribution in [0.3, 0.4) is 0 Å². The van der Waals surface area contributed by atoms with Crippen LogP contribution in [0, 0.1) is 0 Å². The lowest BCUT2D eigenvalue weighted by atomic mass is 9.79. The molecule has 0 aliphatic rings. The molecule has 0 saturated heterocycles. The molecule has 0 saturated carbocycles. The molecule has 0 heterocycles. The largest absolute Gasteiger partial charge is 0.543 e. The first-order chi connectivity index (χ1) is 11.5. The second-order valence-corrected chi connectivity index (χ2v) is 15.5. The maximum atomic E-state index is 6.65. The van der Waals surface area contributed by atoms with Gasteiger partial charge in [-0.25, -0.2) is 0 Å². The number of rotatable bonds is 5. The molecule has 0 atom stereocenters. The molecule has 0 N–H and O–H groups in total. The van der Waals surface area contributed by atoms with Crippen LogP contribution >= 0.6 is 0 Å². The Morgan fingerprint density at radius 2 is 1.23 bits per heavy atom. The minimum absolute atomic E-state index is 0.0596. The summed E-state index contributed by atoms with van der Waals surface area (Å²) in [7, 11) is -0.263. The van der Waals surface area contributed by atoms with E-state index in [0.29, 0.717) is 0 Å². The van der Waals surface area contributed by atoms with Crippen molar-refractivity contribution in [1.29, 1.82) is 0 Å². The van der Waals surface area contributed by atoms with Gasteiger partial charge in [0.1, 0.15) is 11.5 Å². The van der Waals surface area contributed by atoms with Gasteiger partial charge in [0.2, 0.25) is 8.32 Å². The molecule has 0 aliphatic carbocycles. The number of hydrogen-bond acceptors (Lipinski definition) is 3. The van der Waals surface area contributed by atoms with Crippen molar-refractivity contribution in [3.05, 3.63) is 23.3 Å². The molecule has 1 aromatic rings. The fourth-order valence-electron chi connectivity index (χ4n) is 2.50. The van der Waals surface area contributed by atoms with Crippen LogP contribution in [0.2, 0.25) is 18.1 Å². The van der Waals surface area contributed by atoms with E-state index in [4.69, 9.17) is 13.9 Å². The van der Waals surface area contributed by atoms with Crippen molar-refractivity contribution in [2.45, 2.75) is 91.3 Å². The van der Waals surface area contributed by atoms with Gasteiger partial charge in [-0.2, -0.15) is 0 Å². The van der Waals surface area contributed by atoms with E-state index in [1.807, 2.05) is 0 Å². The van der Waals surface area contributed by atoms with E-state index in [2.05, 4.69) is 87.5 Å². The highest BCUT2D eigenvalue weighted by molar-refractivity contribution is 6.74. The Kier molecular flexibility index (Phi) is 6.69. The molecule has 1 rings (SSSR count). The zero-order valence-electron chi connectivity index (χ0n) is 19.1. The van der Waals surface area contributed by atoms with Gasteiger partial charge in [0, 0.05) is 18.2 Å². The number of benzene rings is 1. The van der Waals surface area contributed by atoms with Crippen molar-refractivity contribution >= 4 is 8.32 Å². The highest BCUT2D eigenvalue weighted by Gasteiger charge is 2.39. The standard InChI is InChI=1S/C22H40O3Si/c1-20(2,3)17-13-16(25-26(11,12)22(7,8)9)14-18(21(4,5)6)19(17)24-15-23-10/h13-14H,15H2,1-12H3. The Hall–Kier alpha value is -1.00. The predicted octanol–water partition coefficient (Wildman–Crippen LogP) is 6.65. The lowest BCUT2D eigenvalue weighted by Crippen LogP contribution is -2.44. The first-order valence-corrected chi connectivity index (χ1v) is 12.4. The maximum absolute atomic E-state index is 6.65. The lowest BCUT2D eigenvalue weighted by Gasteiger charge is -2.38. The van der Waals surface area contributed by atoms with Gasteiger partial charge in [-0.1, -0.05) is 62.3 Å². The second kappa shape index (κ2) is 7.55. The minimum Gasteiger partial charge on any atom is -0.543 e. The fraction of sp³-hybridized carbons (Fsp3) is 0.727. The highest BCUT2D eigenvalue weighted by atomic mass is 28.4. The van der Waals surface area contributed by atoms with Gasteiger partial charge in [-0.3, -0.25) is 0 Å². The molecule has 0 aliphatic heterocycles. The third-order valence-electron chi connectivity index (χ3n) is 5.18. The van der Waals surface area contributed by atoms with Crippen LogP contribution in [0.25, 0.3) is 0 Å². The van der Waals surface area contributed by atoms with E-state index in [1.54, 1.807) is 7.11 Å². The van der Waals surface area contributed by atoms with Crippen LogP contribution in [0.15, 0.2) is 12.1 Å². The predicted molar refractivity (Wildman–Crippen MR) is 114 cm³/mol. The first-order valence-electron chi connectivity index (χ1n) is 9.50. The molecule has 3 nitrogen and oxygen atoms in total. The van der Waals surface area contributed by atoms with Gasteiger partial charge in [0.05, 0.1) is 0 Å². The molecular weight excluding hydrogens is 340 g/mol. The van der Waals surface area contributed by atoms with Crippen LogP contribution in [-0.4, -0.2) is 22.2 Å². The van der Waals surface area contributed by atoms with Crippen molar-refractivity contribution in [3.63, 3.8) is 0 Å². The van der Waals surface area contributed by atoms with E-state index >= 15 is 0 Å². The third kappa shape index (κ3) is 5.50. The summed E-state index contributed by atoms with van der Waals surface area (Å²) in [4.78, 5) is 0. The molecule has 0 spiro atoms. The van der Waals surface area contributed by atoms with Crippen molar-refractivity contribution in [3.8, 4) is 11.5 Å². The molecule has 4 heteroatoms. The summed E-state index contributed by atoms with van der Waals surface area (Å²) in [5, 5.41) is 0.155. The van der Waals surface area contributed by atoms with Gasteiger partial charge in [0.15, 0.2) is 6.79 Å². The lowest BCUT2D eigenvalue weighted by molar-refractivity contribution is 0.0484. The normalized spacial score (nSPS) is 13.7.